The Hall–Kier alpha value is -2.17. The Kier molecular flexibility index (Phi) is 5.68. The molecule has 2 aromatic rings. The summed E-state index contributed by atoms with van der Waals surface area (Å²) < 4.78 is 5.41. The van der Waals surface area contributed by atoms with Crippen molar-refractivity contribution in [1.82, 2.24) is 0 Å². The zero-order chi connectivity index (χ0) is 19.5. The van der Waals surface area contributed by atoms with Gasteiger partial charge in [0.05, 0.1) is 18.8 Å². The molecule has 0 radical (unpaired) electrons. The van der Waals surface area contributed by atoms with Gasteiger partial charge in [-0.1, -0.05) is 51.1 Å². The van der Waals surface area contributed by atoms with Gasteiger partial charge in [-0.05, 0) is 41.7 Å². The van der Waals surface area contributed by atoms with Crippen molar-refractivity contribution in [1.29, 1.82) is 0 Å². The molecule has 3 rings (SSSR count). The molecule has 4 heteroatoms. The summed E-state index contributed by atoms with van der Waals surface area (Å²) in [5.74, 6) is -0.00706. The summed E-state index contributed by atoms with van der Waals surface area (Å²) in [6.07, 6.45) is 0.515. The number of carbonyl (C=O) groups excluding carboxylic acids is 1. The lowest BCUT2D eigenvalue weighted by molar-refractivity contribution is 0.0746. The van der Waals surface area contributed by atoms with Gasteiger partial charge in [-0.2, -0.15) is 0 Å². The number of ketones is 1. The summed E-state index contributed by atoms with van der Waals surface area (Å²) >= 11 is 0. The van der Waals surface area contributed by atoms with Crippen molar-refractivity contribution in [3.05, 3.63) is 65.7 Å². The molecular formula is C23H30N2O2. The van der Waals surface area contributed by atoms with Crippen LogP contribution < -0.4 is 10.6 Å². The van der Waals surface area contributed by atoms with E-state index in [9.17, 15) is 4.79 Å². The van der Waals surface area contributed by atoms with E-state index in [2.05, 4.69) is 4.90 Å². The van der Waals surface area contributed by atoms with E-state index >= 15 is 0 Å². The van der Waals surface area contributed by atoms with Crippen LogP contribution in [0.5, 0.6) is 0 Å². The van der Waals surface area contributed by atoms with Crippen LogP contribution in [0.3, 0.4) is 0 Å². The van der Waals surface area contributed by atoms with Crippen molar-refractivity contribution in [2.45, 2.75) is 32.7 Å². The van der Waals surface area contributed by atoms with Gasteiger partial charge in [0.2, 0.25) is 0 Å². The molecule has 2 N–H and O–H groups in total. The molecule has 0 saturated carbocycles. The summed E-state index contributed by atoms with van der Waals surface area (Å²) in [4.78, 5) is 15.7. The zero-order valence-corrected chi connectivity index (χ0v) is 16.6. The Labute approximate surface area is 162 Å². The van der Waals surface area contributed by atoms with Crippen LogP contribution in [-0.2, 0) is 11.2 Å². The fourth-order valence-electron chi connectivity index (χ4n) is 3.51. The second-order valence-corrected chi connectivity index (χ2v) is 8.36. The zero-order valence-electron chi connectivity index (χ0n) is 16.6. The minimum atomic E-state index is -0.977. The van der Waals surface area contributed by atoms with Gasteiger partial charge in [0.1, 0.15) is 0 Å². The standard InChI is InChI=1S/C23H30N2O2/c1-22(2,3)23(24,17-18-7-5-4-6-8-18)21(26)19-9-11-20(12-10-19)25-13-15-27-16-14-25/h4-12H,13-17,24H2,1-3H3. The average Bonchev–Trinajstić information content (AvgIpc) is 2.68. The van der Waals surface area contributed by atoms with Crippen molar-refractivity contribution in [2.75, 3.05) is 31.2 Å². The first-order valence-electron chi connectivity index (χ1n) is 9.62. The van der Waals surface area contributed by atoms with Crippen LogP contribution in [-0.4, -0.2) is 37.6 Å². The Morgan fingerprint density at radius 1 is 1.00 bits per heavy atom. The largest absolute Gasteiger partial charge is 0.378 e. The quantitative estimate of drug-likeness (QED) is 0.820. The van der Waals surface area contributed by atoms with Crippen molar-refractivity contribution in [3.63, 3.8) is 0 Å². The van der Waals surface area contributed by atoms with E-state index in [0.29, 0.717) is 12.0 Å². The van der Waals surface area contributed by atoms with Crippen molar-refractivity contribution in [2.24, 2.45) is 11.1 Å². The van der Waals surface area contributed by atoms with Gasteiger partial charge in [-0.25, -0.2) is 0 Å². The number of nitrogens with zero attached hydrogens (tertiary/aromatic N) is 1. The fourth-order valence-corrected chi connectivity index (χ4v) is 3.51. The minimum absolute atomic E-state index is 0.00706. The summed E-state index contributed by atoms with van der Waals surface area (Å²) in [6, 6.07) is 17.9. The van der Waals surface area contributed by atoms with Crippen molar-refractivity contribution in [3.8, 4) is 0 Å². The molecule has 1 aliphatic rings. The third kappa shape index (κ3) is 4.23. The molecule has 0 aromatic heterocycles. The Morgan fingerprint density at radius 3 is 2.15 bits per heavy atom. The molecule has 0 aliphatic carbocycles. The number of hydrogen-bond donors (Lipinski definition) is 1. The SMILES string of the molecule is CC(C)(C)C(N)(Cc1ccccc1)C(=O)c1ccc(N2CCOCC2)cc1. The van der Waals surface area contributed by atoms with Crippen LogP contribution >= 0.6 is 0 Å². The van der Waals surface area contributed by atoms with Crippen LogP contribution in [0.25, 0.3) is 0 Å². The molecule has 27 heavy (non-hydrogen) atoms. The van der Waals surface area contributed by atoms with Crippen LogP contribution in [0.1, 0.15) is 36.7 Å². The van der Waals surface area contributed by atoms with E-state index in [1.54, 1.807) is 0 Å². The monoisotopic (exact) mass is 366 g/mol. The lowest BCUT2D eigenvalue weighted by Crippen LogP contribution is -2.59. The van der Waals surface area contributed by atoms with Crippen LogP contribution in [0.4, 0.5) is 5.69 Å². The van der Waals surface area contributed by atoms with Gasteiger partial charge in [-0.3, -0.25) is 4.79 Å². The molecule has 1 saturated heterocycles. The summed E-state index contributed by atoms with van der Waals surface area (Å²) in [5.41, 5.74) is 8.30. The normalized spacial score (nSPS) is 17.4. The molecule has 1 heterocycles. The predicted octanol–water partition coefficient (Wildman–Crippen LogP) is 3.69. The average molecular weight is 367 g/mol. The van der Waals surface area contributed by atoms with Gasteiger partial charge in [0.25, 0.3) is 0 Å². The molecule has 0 amide bonds. The number of morpholine rings is 1. The first-order chi connectivity index (χ1) is 12.8. The van der Waals surface area contributed by atoms with E-state index in [4.69, 9.17) is 10.5 Å². The molecule has 2 aromatic carbocycles. The number of nitrogens with two attached hydrogens (primary N) is 1. The minimum Gasteiger partial charge on any atom is -0.378 e. The van der Waals surface area contributed by atoms with Crippen LogP contribution in [0.2, 0.25) is 0 Å². The Bertz CT molecular complexity index is 759. The smallest absolute Gasteiger partial charge is 0.183 e. The Morgan fingerprint density at radius 2 is 1.59 bits per heavy atom. The highest BCUT2D eigenvalue weighted by molar-refractivity contribution is 6.04. The maximum Gasteiger partial charge on any atom is 0.183 e. The number of benzene rings is 2. The van der Waals surface area contributed by atoms with Crippen LogP contribution in [0.15, 0.2) is 54.6 Å². The van der Waals surface area contributed by atoms with E-state index in [0.717, 1.165) is 37.6 Å². The summed E-state index contributed by atoms with van der Waals surface area (Å²) in [6.45, 7) is 9.36. The third-order valence-corrected chi connectivity index (χ3v) is 5.58. The fraction of sp³-hybridized carbons (Fsp3) is 0.435. The highest BCUT2D eigenvalue weighted by Gasteiger charge is 2.45. The molecule has 1 atom stereocenters. The molecule has 0 spiro atoms. The highest BCUT2D eigenvalue weighted by atomic mass is 16.5. The predicted molar refractivity (Wildman–Crippen MR) is 110 cm³/mol. The number of carbonyl (C=O) groups is 1. The lowest BCUT2D eigenvalue weighted by Gasteiger charge is -2.40. The number of hydrogen-bond acceptors (Lipinski definition) is 4. The lowest BCUT2D eigenvalue weighted by atomic mass is 9.67. The molecule has 1 unspecified atom stereocenters. The second kappa shape index (κ2) is 7.83. The summed E-state index contributed by atoms with van der Waals surface area (Å²) in [7, 11) is 0. The van der Waals surface area contributed by atoms with Gasteiger partial charge in [0, 0.05) is 24.3 Å². The second-order valence-electron chi connectivity index (χ2n) is 8.36. The topological polar surface area (TPSA) is 55.6 Å². The number of anilines is 1. The summed E-state index contributed by atoms with van der Waals surface area (Å²) in [5, 5.41) is 0. The van der Waals surface area contributed by atoms with Crippen LogP contribution in [0, 0.1) is 5.41 Å². The molecule has 1 fully saturated rings. The molecule has 0 bridgehead atoms. The van der Waals surface area contributed by atoms with E-state index in [1.807, 2.05) is 75.4 Å². The van der Waals surface area contributed by atoms with Crippen molar-refractivity contribution >= 4 is 11.5 Å². The van der Waals surface area contributed by atoms with Gasteiger partial charge in [-0.15, -0.1) is 0 Å². The molecular weight excluding hydrogens is 336 g/mol. The van der Waals surface area contributed by atoms with Gasteiger partial charge >= 0.3 is 0 Å². The van der Waals surface area contributed by atoms with Crippen molar-refractivity contribution < 1.29 is 9.53 Å². The highest BCUT2D eigenvalue weighted by Crippen LogP contribution is 2.34. The maximum absolute atomic E-state index is 13.4. The first kappa shape index (κ1) is 19.6. The number of ether oxygens (including phenoxy) is 1. The number of rotatable bonds is 5. The van der Waals surface area contributed by atoms with Gasteiger partial charge < -0.3 is 15.4 Å². The molecule has 1 aliphatic heterocycles. The molecule has 4 nitrogen and oxygen atoms in total. The molecule has 144 valence electrons. The van der Waals surface area contributed by atoms with E-state index < -0.39 is 5.54 Å². The first-order valence-corrected chi connectivity index (χ1v) is 9.62. The Balaban J connectivity index is 1.85. The third-order valence-electron chi connectivity index (χ3n) is 5.58. The van der Waals surface area contributed by atoms with Gasteiger partial charge in [0.15, 0.2) is 5.78 Å². The van der Waals surface area contributed by atoms with E-state index in [-0.39, 0.29) is 11.2 Å². The van der Waals surface area contributed by atoms with E-state index in [1.165, 1.54) is 0 Å². The number of Topliss-reactive ketones (excluding diaryl/α,β-unsaturated/α-hetero) is 1. The maximum atomic E-state index is 13.4.